The molecule has 7 nitrogen and oxygen atoms in total. The maximum absolute atomic E-state index is 12.6. The highest BCUT2D eigenvalue weighted by Crippen LogP contribution is 2.19. The third kappa shape index (κ3) is 3.20. The van der Waals surface area contributed by atoms with E-state index < -0.39 is 21.4 Å². The highest BCUT2D eigenvalue weighted by Gasteiger charge is 2.17. The molecular formula is C17H16N2O5S. The van der Waals surface area contributed by atoms with Crippen LogP contribution in [0.4, 0.5) is 5.69 Å². The largest absolute Gasteiger partial charge is 0.422 e. The molecule has 0 saturated carbocycles. The van der Waals surface area contributed by atoms with Gasteiger partial charge in [0.05, 0.1) is 15.8 Å². The molecule has 0 amide bonds. The predicted octanol–water partition coefficient (Wildman–Crippen LogP) is 1.85. The van der Waals surface area contributed by atoms with Crippen molar-refractivity contribution in [1.82, 2.24) is 4.57 Å². The lowest BCUT2D eigenvalue weighted by molar-refractivity contribution is 0.432. The van der Waals surface area contributed by atoms with E-state index in [1.165, 1.54) is 25.2 Å². The summed E-state index contributed by atoms with van der Waals surface area (Å²) in [6, 6.07) is 11.0. The fraction of sp³-hybridized carbons (Fsp3) is 0.176. The van der Waals surface area contributed by atoms with Crippen molar-refractivity contribution in [3.8, 4) is 0 Å². The lowest BCUT2D eigenvalue weighted by atomic mass is 10.2. The summed E-state index contributed by atoms with van der Waals surface area (Å²) in [7, 11) is -2.44. The van der Waals surface area contributed by atoms with Crippen LogP contribution in [-0.2, 0) is 23.5 Å². The summed E-state index contributed by atoms with van der Waals surface area (Å²) in [6.07, 6.45) is 0.853. The first kappa shape index (κ1) is 17.0. The Labute approximate surface area is 143 Å². The average molecular weight is 360 g/mol. The third-order valence-electron chi connectivity index (χ3n) is 3.93. The van der Waals surface area contributed by atoms with Gasteiger partial charge < -0.3 is 4.42 Å². The molecule has 130 valence electrons. The lowest BCUT2D eigenvalue weighted by Gasteiger charge is -2.10. The van der Waals surface area contributed by atoms with Crippen molar-refractivity contribution in [2.45, 2.75) is 18.2 Å². The van der Waals surface area contributed by atoms with Crippen LogP contribution in [0, 0.1) is 0 Å². The van der Waals surface area contributed by atoms with Crippen LogP contribution < -0.4 is 16.1 Å². The second kappa shape index (κ2) is 6.21. The Morgan fingerprint density at radius 1 is 1.08 bits per heavy atom. The molecule has 1 aromatic heterocycles. The van der Waals surface area contributed by atoms with E-state index in [1.54, 1.807) is 12.1 Å². The minimum Gasteiger partial charge on any atom is -0.372 e. The summed E-state index contributed by atoms with van der Waals surface area (Å²) < 4.78 is 33.3. The van der Waals surface area contributed by atoms with Crippen molar-refractivity contribution in [3.05, 3.63) is 69.0 Å². The topological polar surface area (TPSA) is 98.4 Å². The highest BCUT2D eigenvalue weighted by molar-refractivity contribution is 7.92. The van der Waals surface area contributed by atoms with Gasteiger partial charge in [-0.2, -0.15) is 0 Å². The number of hydrogen-bond donors (Lipinski definition) is 1. The second-order valence-electron chi connectivity index (χ2n) is 5.55. The molecule has 0 bridgehead atoms. The number of sulfonamides is 1. The van der Waals surface area contributed by atoms with Gasteiger partial charge in [0.15, 0.2) is 0 Å². The highest BCUT2D eigenvalue weighted by atomic mass is 32.2. The van der Waals surface area contributed by atoms with Gasteiger partial charge >= 0.3 is 11.4 Å². The molecule has 0 aliphatic carbocycles. The van der Waals surface area contributed by atoms with E-state index in [0.29, 0.717) is 11.2 Å². The smallest absolute Gasteiger partial charge is 0.372 e. The van der Waals surface area contributed by atoms with E-state index in [2.05, 4.69) is 9.14 Å². The van der Waals surface area contributed by atoms with Gasteiger partial charge in [-0.15, -0.1) is 0 Å². The summed E-state index contributed by atoms with van der Waals surface area (Å²) >= 11 is 0. The summed E-state index contributed by atoms with van der Waals surface area (Å²) in [4.78, 5) is 23.3. The predicted molar refractivity (Wildman–Crippen MR) is 94.4 cm³/mol. The molecule has 1 heterocycles. The van der Waals surface area contributed by atoms with Crippen molar-refractivity contribution < 1.29 is 12.8 Å². The zero-order chi connectivity index (χ0) is 18.2. The minimum atomic E-state index is -3.88. The molecule has 8 heteroatoms. The maximum atomic E-state index is 12.6. The molecule has 2 aromatic carbocycles. The van der Waals surface area contributed by atoms with Gasteiger partial charge in [0, 0.05) is 12.7 Å². The Balaban J connectivity index is 2.05. The molecular weight excluding hydrogens is 344 g/mol. The Morgan fingerprint density at radius 2 is 1.76 bits per heavy atom. The van der Waals surface area contributed by atoms with Crippen molar-refractivity contribution in [2.24, 2.45) is 7.05 Å². The third-order valence-corrected chi connectivity index (χ3v) is 5.31. The molecule has 3 rings (SSSR count). The molecule has 3 aromatic rings. The van der Waals surface area contributed by atoms with Gasteiger partial charge in [-0.1, -0.05) is 19.1 Å². The number of hydrogen-bond acceptors (Lipinski definition) is 5. The maximum Gasteiger partial charge on any atom is 0.422 e. The number of anilines is 1. The second-order valence-corrected chi connectivity index (χ2v) is 7.23. The Hall–Kier alpha value is -2.87. The fourth-order valence-electron chi connectivity index (χ4n) is 2.46. The quantitative estimate of drug-likeness (QED) is 0.766. The van der Waals surface area contributed by atoms with Crippen LogP contribution in [0.2, 0.25) is 0 Å². The van der Waals surface area contributed by atoms with Crippen LogP contribution in [0.15, 0.2) is 61.4 Å². The zero-order valence-electron chi connectivity index (χ0n) is 13.6. The van der Waals surface area contributed by atoms with Crippen molar-refractivity contribution in [2.75, 3.05) is 4.72 Å². The summed E-state index contributed by atoms with van der Waals surface area (Å²) in [5, 5.41) is 0.0197. The van der Waals surface area contributed by atoms with Gasteiger partial charge in [-0.3, -0.25) is 9.29 Å². The average Bonchev–Trinajstić information content (AvgIpc) is 2.59. The molecule has 0 radical (unpaired) electrons. The molecule has 0 atom stereocenters. The van der Waals surface area contributed by atoms with E-state index in [9.17, 15) is 18.0 Å². The van der Waals surface area contributed by atoms with E-state index >= 15 is 0 Å². The van der Waals surface area contributed by atoms with Crippen LogP contribution in [0.25, 0.3) is 10.9 Å². The normalized spacial score (nSPS) is 11.6. The molecule has 0 spiro atoms. The first-order valence-corrected chi connectivity index (χ1v) is 9.06. The SMILES string of the molecule is CCc1ccc(NS(=O)(=O)c2ccc3c(c2)c(=O)oc(=O)n3C)cc1. The number of rotatable bonds is 4. The molecule has 1 N–H and O–H groups in total. The van der Waals surface area contributed by atoms with Gasteiger partial charge in [-0.05, 0) is 42.3 Å². The molecule has 0 aliphatic heterocycles. The number of aryl methyl sites for hydroxylation is 2. The van der Waals surface area contributed by atoms with Crippen LogP contribution >= 0.6 is 0 Å². The van der Waals surface area contributed by atoms with Crippen LogP contribution in [0.1, 0.15) is 12.5 Å². The van der Waals surface area contributed by atoms with Crippen molar-refractivity contribution in [3.63, 3.8) is 0 Å². The molecule has 0 saturated heterocycles. The number of aromatic nitrogens is 1. The van der Waals surface area contributed by atoms with E-state index in [4.69, 9.17) is 0 Å². The van der Waals surface area contributed by atoms with Crippen LogP contribution in [-0.4, -0.2) is 13.0 Å². The molecule has 25 heavy (non-hydrogen) atoms. The van der Waals surface area contributed by atoms with E-state index in [1.807, 2.05) is 19.1 Å². The van der Waals surface area contributed by atoms with Crippen molar-refractivity contribution in [1.29, 1.82) is 0 Å². The van der Waals surface area contributed by atoms with Gasteiger partial charge in [0.2, 0.25) is 0 Å². The molecule has 0 aliphatic rings. The summed E-state index contributed by atoms with van der Waals surface area (Å²) in [5.41, 5.74) is 0.937. The van der Waals surface area contributed by atoms with Gasteiger partial charge in [-0.25, -0.2) is 18.0 Å². The minimum absolute atomic E-state index is 0.0197. The Morgan fingerprint density at radius 3 is 2.40 bits per heavy atom. The number of fused-ring (bicyclic) bond motifs is 1. The van der Waals surface area contributed by atoms with Crippen molar-refractivity contribution >= 4 is 26.6 Å². The summed E-state index contributed by atoms with van der Waals surface area (Å²) in [5.74, 6) is -0.803. The number of benzene rings is 2. The standard InChI is InChI=1S/C17H16N2O5S/c1-3-11-4-6-12(7-5-11)18-25(22,23)13-8-9-15-14(10-13)16(20)24-17(21)19(15)2/h4-10,18H,3H2,1-2H3. The van der Waals surface area contributed by atoms with Crippen LogP contribution in [0.3, 0.4) is 0 Å². The van der Waals surface area contributed by atoms with E-state index in [-0.39, 0.29) is 10.3 Å². The zero-order valence-corrected chi connectivity index (χ0v) is 14.5. The first-order valence-electron chi connectivity index (χ1n) is 7.57. The molecule has 0 unspecified atom stereocenters. The van der Waals surface area contributed by atoms with Crippen LogP contribution in [0.5, 0.6) is 0 Å². The fourth-order valence-corrected chi connectivity index (χ4v) is 3.55. The Bertz CT molecular complexity index is 1160. The van der Waals surface area contributed by atoms with Gasteiger partial charge in [0.25, 0.3) is 10.0 Å². The molecule has 0 fully saturated rings. The number of nitrogens with zero attached hydrogens (tertiary/aromatic N) is 1. The summed E-state index contributed by atoms with van der Waals surface area (Å²) in [6.45, 7) is 2.01. The van der Waals surface area contributed by atoms with E-state index in [0.717, 1.165) is 16.6 Å². The monoisotopic (exact) mass is 360 g/mol. The number of nitrogens with one attached hydrogen (secondary N) is 1. The lowest BCUT2D eigenvalue weighted by Crippen LogP contribution is -2.23. The Kier molecular flexibility index (Phi) is 4.22. The first-order chi connectivity index (χ1) is 11.8. The van der Waals surface area contributed by atoms with Gasteiger partial charge in [0.1, 0.15) is 0 Å².